The molecule has 22 heavy (non-hydrogen) atoms. The van der Waals surface area contributed by atoms with Crippen molar-refractivity contribution in [2.75, 3.05) is 0 Å². The van der Waals surface area contributed by atoms with Gasteiger partial charge in [-0.05, 0) is 31.7 Å². The molecule has 1 saturated heterocycles. The minimum Gasteiger partial charge on any atom is -0.481 e. The molecule has 1 aliphatic rings. The van der Waals surface area contributed by atoms with Gasteiger partial charge in [0.15, 0.2) is 0 Å². The van der Waals surface area contributed by atoms with E-state index in [-0.39, 0.29) is 24.5 Å². The van der Waals surface area contributed by atoms with E-state index < -0.39 is 12.0 Å². The van der Waals surface area contributed by atoms with Gasteiger partial charge in [0.05, 0.1) is 24.7 Å². The van der Waals surface area contributed by atoms with E-state index in [1.165, 1.54) is 0 Å². The van der Waals surface area contributed by atoms with Crippen molar-refractivity contribution in [1.82, 2.24) is 5.32 Å². The molecule has 3 atom stereocenters. The highest BCUT2D eigenvalue weighted by Gasteiger charge is 2.23. The van der Waals surface area contributed by atoms with E-state index >= 15 is 0 Å². The van der Waals surface area contributed by atoms with Crippen LogP contribution in [-0.2, 0) is 14.3 Å². The lowest BCUT2D eigenvalue weighted by Gasteiger charge is -2.18. The number of ether oxygens (including phenoxy) is 1. The fraction of sp³-hybridized carbons (Fsp3) is 0.529. The standard InChI is InChI=1S/C17H23NO4/c1-12-7-8-14(22-12)9-10-16(19)18-15(11-17(20)21)13-5-3-2-4-6-13/h2-6,12,14-15H,7-11H2,1H3,(H,18,19)(H,20,21)/t12-,14+,15-/m1/s1. The zero-order valence-electron chi connectivity index (χ0n) is 12.8. The number of nitrogens with one attached hydrogen (secondary N) is 1. The number of hydrogen-bond donors (Lipinski definition) is 2. The van der Waals surface area contributed by atoms with Gasteiger partial charge in [0.2, 0.25) is 5.91 Å². The predicted molar refractivity (Wildman–Crippen MR) is 82.4 cm³/mol. The van der Waals surface area contributed by atoms with Crippen LogP contribution in [0.4, 0.5) is 0 Å². The van der Waals surface area contributed by atoms with Crippen LogP contribution in [-0.4, -0.2) is 29.2 Å². The van der Waals surface area contributed by atoms with Crippen molar-refractivity contribution in [3.05, 3.63) is 35.9 Å². The van der Waals surface area contributed by atoms with E-state index in [9.17, 15) is 9.59 Å². The summed E-state index contributed by atoms with van der Waals surface area (Å²) < 4.78 is 5.69. The van der Waals surface area contributed by atoms with Crippen LogP contribution in [0.1, 0.15) is 50.6 Å². The van der Waals surface area contributed by atoms with Gasteiger partial charge in [0, 0.05) is 6.42 Å². The Morgan fingerprint density at radius 3 is 2.64 bits per heavy atom. The van der Waals surface area contributed by atoms with Crippen molar-refractivity contribution in [2.45, 2.75) is 57.3 Å². The molecule has 1 aliphatic heterocycles. The highest BCUT2D eigenvalue weighted by Crippen LogP contribution is 2.23. The molecule has 0 unspecified atom stereocenters. The molecule has 0 saturated carbocycles. The van der Waals surface area contributed by atoms with Crippen molar-refractivity contribution in [2.24, 2.45) is 0 Å². The summed E-state index contributed by atoms with van der Waals surface area (Å²) in [5, 5.41) is 11.8. The van der Waals surface area contributed by atoms with Crippen LogP contribution in [0.25, 0.3) is 0 Å². The molecular weight excluding hydrogens is 282 g/mol. The van der Waals surface area contributed by atoms with Gasteiger partial charge in [-0.3, -0.25) is 9.59 Å². The summed E-state index contributed by atoms with van der Waals surface area (Å²) >= 11 is 0. The van der Waals surface area contributed by atoms with Crippen LogP contribution in [0.15, 0.2) is 30.3 Å². The molecule has 1 aromatic carbocycles. The van der Waals surface area contributed by atoms with E-state index in [1.54, 1.807) is 0 Å². The summed E-state index contributed by atoms with van der Waals surface area (Å²) in [6, 6.07) is 8.70. The minimum absolute atomic E-state index is 0.118. The quantitative estimate of drug-likeness (QED) is 0.812. The fourth-order valence-electron chi connectivity index (χ4n) is 2.77. The zero-order valence-corrected chi connectivity index (χ0v) is 12.8. The van der Waals surface area contributed by atoms with Gasteiger partial charge in [-0.15, -0.1) is 0 Å². The Morgan fingerprint density at radius 1 is 1.32 bits per heavy atom. The smallest absolute Gasteiger partial charge is 0.305 e. The molecule has 0 aliphatic carbocycles. The molecule has 1 amide bonds. The Morgan fingerprint density at radius 2 is 2.05 bits per heavy atom. The lowest BCUT2D eigenvalue weighted by molar-refractivity contribution is -0.137. The molecule has 5 heteroatoms. The van der Waals surface area contributed by atoms with Crippen LogP contribution in [0.5, 0.6) is 0 Å². The molecule has 5 nitrogen and oxygen atoms in total. The number of carboxylic acids is 1. The van der Waals surface area contributed by atoms with Crippen molar-refractivity contribution >= 4 is 11.9 Å². The number of carbonyl (C=O) groups is 2. The molecular formula is C17H23NO4. The third kappa shape index (κ3) is 5.15. The van der Waals surface area contributed by atoms with E-state index in [2.05, 4.69) is 5.32 Å². The van der Waals surface area contributed by atoms with E-state index in [0.717, 1.165) is 18.4 Å². The highest BCUT2D eigenvalue weighted by molar-refractivity contribution is 5.77. The summed E-state index contributed by atoms with van der Waals surface area (Å²) in [7, 11) is 0. The Balaban J connectivity index is 1.86. The van der Waals surface area contributed by atoms with E-state index in [0.29, 0.717) is 12.8 Å². The summed E-state index contributed by atoms with van der Waals surface area (Å²) in [6.07, 6.45) is 3.38. The summed E-state index contributed by atoms with van der Waals surface area (Å²) in [6.45, 7) is 2.04. The molecule has 2 N–H and O–H groups in total. The lowest BCUT2D eigenvalue weighted by atomic mass is 10.0. The van der Waals surface area contributed by atoms with Crippen LogP contribution in [0.3, 0.4) is 0 Å². The SMILES string of the molecule is C[C@@H]1CC[C@@H](CCC(=O)N[C@H](CC(=O)O)c2ccccc2)O1. The van der Waals surface area contributed by atoms with Crippen LogP contribution in [0, 0.1) is 0 Å². The van der Waals surface area contributed by atoms with Crippen LogP contribution >= 0.6 is 0 Å². The normalized spacial score (nSPS) is 22.2. The minimum atomic E-state index is -0.929. The zero-order chi connectivity index (χ0) is 15.9. The van der Waals surface area contributed by atoms with Gasteiger partial charge in [-0.25, -0.2) is 0 Å². The number of hydrogen-bond acceptors (Lipinski definition) is 3. The van der Waals surface area contributed by atoms with Crippen LogP contribution < -0.4 is 5.32 Å². The van der Waals surface area contributed by atoms with E-state index in [4.69, 9.17) is 9.84 Å². The first-order chi connectivity index (χ1) is 10.5. The molecule has 2 rings (SSSR count). The Kier molecular flexibility index (Phi) is 5.95. The fourth-order valence-corrected chi connectivity index (χ4v) is 2.77. The maximum Gasteiger partial charge on any atom is 0.305 e. The van der Waals surface area contributed by atoms with Crippen molar-refractivity contribution in [3.63, 3.8) is 0 Å². The van der Waals surface area contributed by atoms with Crippen LogP contribution in [0.2, 0.25) is 0 Å². The Labute approximate surface area is 130 Å². The average Bonchev–Trinajstić information content (AvgIpc) is 2.91. The summed E-state index contributed by atoms with van der Waals surface area (Å²) in [4.78, 5) is 23.1. The Bertz CT molecular complexity index is 503. The predicted octanol–water partition coefficient (Wildman–Crippen LogP) is 2.67. The summed E-state index contributed by atoms with van der Waals surface area (Å²) in [5.74, 6) is -1.06. The first-order valence-corrected chi connectivity index (χ1v) is 7.76. The number of benzene rings is 1. The molecule has 0 radical (unpaired) electrons. The van der Waals surface area contributed by atoms with Gasteiger partial charge in [0.1, 0.15) is 0 Å². The monoisotopic (exact) mass is 305 g/mol. The summed E-state index contributed by atoms with van der Waals surface area (Å²) in [5.41, 5.74) is 0.809. The number of carbonyl (C=O) groups excluding carboxylic acids is 1. The molecule has 1 heterocycles. The third-order valence-corrected chi connectivity index (χ3v) is 3.93. The molecule has 1 aromatic rings. The second-order valence-corrected chi connectivity index (χ2v) is 5.81. The third-order valence-electron chi connectivity index (χ3n) is 3.93. The van der Waals surface area contributed by atoms with Gasteiger partial charge in [-0.1, -0.05) is 30.3 Å². The van der Waals surface area contributed by atoms with Crippen molar-refractivity contribution in [3.8, 4) is 0 Å². The first-order valence-electron chi connectivity index (χ1n) is 7.76. The molecule has 120 valence electrons. The van der Waals surface area contributed by atoms with Crippen molar-refractivity contribution < 1.29 is 19.4 Å². The number of rotatable bonds is 7. The second kappa shape index (κ2) is 7.94. The Hall–Kier alpha value is -1.88. The molecule has 0 spiro atoms. The number of amides is 1. The highest BCUT2D eigenvalue weighted by atomic mass is 16.5. The second-order valence-electron chi connectivity index (χ2n) is 5.81. The van der Waals surface area contributed by atoms with Gasteiger partial charge >= 0.3 is 5.97 Å². The number of aliphatic carboxylic acids is 1. The topological polar surface area (TPSA) is 75.6 Å². The van der Waals surface area contributed by atoms with Gasteiger partial charge in [0.25, 0.3) is 0 Å². The molecule has 1 fully saturated rings. The van der Waals surface area contributed by atoms with Gasteiger partial charge in [-0.2, -0.15) is 0 Å². The maximum atomic E-state index is 12.1. The largest absolute Gasteiger partial charge is 0.481 e. The van der Waals surface area contributed by atoms with Gasteiger partial charge < -0.3 is 15.2 Å². The average molecular weight is 305 g/mol. The first kappa shape index (κ1) is 16.5. The number of carboxylic acid groups (broad SMARTS) is 1. The lowest BCUT2D eigenvalue weighted by Crippen LogP contribution is -2.30. The van der Waals surface area contributed by atoms with Crippen molar-refractivity contribution in [1.29, 1.82) is 0 Å². The van der Waals surface area contributed by atoms with E-state index in [1.807, 2.05) is 37.3 Å². The maximum absolute atomic E-state index is 12.1. The molecule has 0 aromatic heterocycles. The molecule has 0 bridgehead atoms.